The van der Waals surface area contributed by atoms with Gasteiger partial charge in [-0.25, -0.2) is 0 Å². The summed E-state index contributed by atoms with van der Waals surface area (Å²) in [5, 5.41) is 0. The van der Waals surface area contributed by atoms with Crippen molar-refractivity contribution in [3.8, 4) is 0 Å². The van der Waals surface area contributed by atoms with Gasteiger partial charge in [0.15, 0.2) is 6.29 Å². The van der Waals surface area contributed by atoms with Crippen LogP contribution in [0.25, 0.3) is 0 Å². The van der Waals surface area contributed by atoms with Crippen LogP contribution in [0.4, 0.5) is 0 Å². The van der Waals surface area contributed by atoms with Gasteiger partial charge in [-0.2, -0.15) is 0 Å². The summed E-state index contributed by atoms with van der Waals surface area (Å²) in [6.45, 7) is 3.80. The Hall–Kier alpha value is -0.860. The third-order valence-electron chi connectivity index (χ3n) is 5.31. The van der Waals surface area contributed by atoms with E-state index in [-0.39, 0.29) is 6.29 Å². The number of aryl methyl sites for hydroxylation is 1. The average Bonchev–Trinajstić information content (AvgIpc) is 3.08. The molecule has 1 aliphatic carbocycles. The van der Waals surface area contributed by atoms with Gasteiger partial charge in [0.2, 0.25) is 0 Å². The first-order chi connectivity index (χ1) is 10.4. The Bertz CT molecular complexity index is 437. The summed E-state index contributed by atoms with van der Waals surface area (Å²) < 4.78 is 11.4. The second-order valence-electron chi connectivity index (χ2n) is 6.52. The van der Waals surface area contributed by atoms with Crippen LogP contribution in [0.5, 0.6) is 0 Å². The molecule has 0 N–H and O–H groups in total. The zero-order valence-corrected chi connectivity index (χ0v) is 13.2. The van der Waals surface area contributed by atoms with E-state index in [1.165, 1.54) is 56.1 Å². The van der Waals surface area contributed by atoms with Crippen molar-refractivity contribution in [1.29, 1.82) is 0 Å². The predicted octanol–water partition coefficient (Wildman–Crippen LogP) is 4.88. The van der Waals surface area contributed by atoms with Gasteiger partial charge < -0.3 is 9.47 Å². The molecule has 2 nitrogen and oxygen atoms in total. The van der Waals surface area contributed by atoms with E-state index in [2.05, 4.69) is 31.2 Å². The number of ether oxygens (including phenoxy) is 2. The molecular formula is C19H28O2. The van der Waals surface area contributed by atoms with Crippen molar-refractivity contribution >= 4 is 0 Å². The lowest BCUT2D eigenvalue weighted by molar-refractivity contribution is -0.0447. The fourth-order valence-electron chi connectivity index (χ4n) is 4.07. The average molecular weight is 288 g/mol. The van der Waals surface area contributed by atoms with Gasteiger partial charge >= 0.3 is 0 Å². The third kappa shape index (κ3) is 3.67. The Kier molecular flexibility index (Phi) is 5.32. The minimum absolute atomic E-state index is 0.130. The quantitative estimate of drug-likeness (QED) is 0.768. The van der Waals surface area contributed by atoms with Crippen LogP contribution in [0, 0.1) is 11.8 Å². The molecule has 1 aromatic carbocycles. The summed E-state index contributed by atoms with van der Waals surface area (Å²) in [5.41, 5.74) is 2.67. The van der Waals surface area contributed by atoms with Gasteiger partial charge in [-0.1, -0.05) is 63.3 Å². The first kappa shape index (κ1) is 15.1. The lowest BCUT2D eigenvalue weighted by Gasteiger charge is -2.31. The van der Waals surface area contributed by atoms with Crippen LogP contribution in [-0.4, -0.2) is 13.2 Å². The van der Waals surface area contributed by atoms with Crippen molar-refractivity contribution in [2.75, 3.05) is 13.2 Å². The van der Waals surface area contributed by atoms with E-state index in [1.807, 2.05) is 0 Å². The fraction of sp³-hybridized carbons (Fsp3) is 0.684. The molecule has 2 unspecified atom stereocenters. The highest BCUT2D eigenvalue weighted by molar-refractivity contribution is 5.28. The summed E-state index contributed by atoms with van der Waals surface area (Å²) in [7, 11) is 0. The lowest BCUT2D eigenvalue weighted by atomic mass is 9.75. The summed E-state index contributed by atoms with van der Waals surface area (Å²) in [5.74, 6) is 1.87. The van der Waals surface area contributed by atoms with Gasteiger partial charge in [0.25, 0.3) is 0 Å². The van der Waals surface area contributed by atoms with Crippen LogP contribution >= 0.6 is 0 Å². The Morgan fingerprint density at radius 3 is 2.48 bits per heavy atom. The maximum atomic E-state index is 5.69. The third-order valence-corrected chi connectivity index (χ3v) is 5.31. The Balaban J connectivity index is 1.64. The second-order valence-corrected chi connectivity index (χ2v) is 6.52. The van der Waals surface area contributed by atoms with Gasteiger partial charge in [-0.05, 0) is 30.2 Å². The highest BCUT2D eigenvalue weighted by atomic mass is 16.7. The van der Waals surface area contributed by atoms with E-state index >= 15 is 0 Å². The molecule has 2 aliphatic rings. The van der Waals surface area contributed by atoms with Crippen molar-refractivity contribution < 1.29 is 9.47 Å². The predicted molar refractivity (Wildman–Crippen MR) is 85.1 cm³/mol. The molecule has 116 valence electrons. The molecule has 2 atom stereocenters. The molecule has 0 bridgehead atoms. The number of hydrogen-bond acceptors (Lipinski definition) is 2. The molecule has 1 aromatic rings. The highest BCUT2D eigenvalue weighted by Crippen LogP contribution is 2.36. The minimum atomic E-state index is -0.130. The fourth-order valence-corrected chi connectivity index (χ4v) is 4.07. The van der Waals surface area contributed by atoms with Crippen LogP contribution in [0.1, 0.15) is 62.9 Å². The van der Waals surface area contributed by atoms with Crippen molar-refractivity contribution in [2.24, 2.45) is 11.8 Å². The molecular weight excluding hydrogens is 260 g/mol. The van der Waals surface area contributed by atoms with Gasteiger partial charge in [0, 0.05) is 5.56 Å². The van der Waals surface area contributed by atoms with E-state index < -0.39 is 0 Å². The van der Waals surface area contributed by atoms with Crippen LogP contribution in [0.3, 0.4) is 0 Å². The van der Waals surface area contributed by atoms with E-state index in [4.69, 9.17) is 9.47 Å². The molecule has 3 rings (SSSR count). The molecule has 2 heteroatoms. The molecule has 21 heavy (non-hydrogen) atoms. The standard InChI is InChI=1S/C19H28O2/c1-2-15-7-3-4-8-16(15)11-12-17-9-5-6-10-18(17)19-20-13-14-21-19/h5-6,9-10,15-16,19H,2-4,7-8,11-14H2,1H3. The molecule has 0 aromatic heterocycles. The Morgan fingerprint density at radius 1 is 1.00 bits per heavy atom. The maximum absolute atomic E-state index is 5.69. The molecule has 2 fully saturated rings. The molecule has 1 aliphatic heterocycles. The highest BCUT2D eigenvalue weighted by Gasteiger charge is 2.25. The summed E-state index contributed by atoms with van der Waals surface area (Å²) in [6.07, 6.45) is 9.45. The Labute approximate surface area is 128 Å². The van der Waals surface area contributed by atoms with Crippen molar-refractivity contribution in [3.05, 3.63) is 35.4 Å². The molecule has 0 spiro atoms. The number of hydrogen-bond donors (Lipinski definition) is 0. The SMILES string of the molecule is CCC1CCCCC1CCc1ccccc1C1OCCO1. The van der Waals surface area contributed by atoms with Crippen LogP contribution in [-0.2, 0) is 15.9 Å². The van der Waals surface area contributed by atoms with E-state index in [9.17, 15) is 0 Å². The monoisotopic (exact) mass is 288 g/mol. The molecule has 1 heterocycles. The molecule has 1 saturated heterocycles. The zero-order valence-electron chi connectivity index (χ0n) is 13.2. The van der Waals surface area contributed by atoms with Gasteiger partial charge in [0.05, 0.1) is 13.2 Å². The van der Waals surface area contributed by atoms with E-state index in [0.29, 0.717) is 0 Å². The first-order valence-electron chi connectivity index (χ1n) is 8.69. The van der Waals surface area contributed by atoms with Crippen molar-refractivity contribution in [1.82, 2.24) is 0 Å². The Morgan fingerprint density at radius 2 is 1.71 bits per heavy atom. The van der Waals surface area contributed by atoms with E-state index in [1.54, 1.807) is 0 Å². The summed E-state index contributed by atoms with van der Waals surface area (Å²) >= 11 is 0. The van der Waals surface area contributed by atoms with Gasteiger partial charge in [-0.15, -0.1) is 0 Å². The van der Waals surface area contributed by atoms with Crippen LogP contribution in [0.15, 0.2) is 24.3 Å². The normalized spacial score (nSPS) is 27.1. The largest absolute Gasteiger partial charge is 0.346 e. The topological polar surface area (TPSA) is 18.5 Å². The summed E-state index contributed by atoms with van der Waals surface area (Å²) in [6, 6.07) is 8.67. The maximum Gasteiger partial charge on any atom is 0.184 e. The van der Waals surface area contributed by atoms with Crippen LogP contribution < -0.4 is 0 Å². The number of rotatable bonds is 5. The van der Waals surface area contributed by atoms with Gasteiger partial charge in [0.1, 0.15) is 0 Å². The first-order valence-corrected chi connectivity index (χ1v) is 8.69. The van der Waals surface area contributed by atoms with Crippen molar-refractivity contribution in [3.63, 3.8) is 0 Å². The van der Waals surface area contributed by atoms with Crippen LogP contribution in [0.2, 0.25) is 0 Å². The minimum Gasteiger partial charge on any atom is -0.346 e. The molecule has 0 radical (unpaired) electrons. The lowest BCUT2D eigenvalue weighted by Crippen LogP contribution is -2.19. The van der Waals surface area contributed by atoms with Gasteiger partial charge in [-0.3, -0.25) is 0 Å². The van der Waals surface area contributed by atoms with Crippen molar-refractivity contribution in [2.45, 2.75) is 58.2 Å². The molecule has 0 amide bonds. The number of benzene rings is 1. The smallest absolute Gasteiger partial charge is 0.184 e. The second kappa shape index (κ2) is 7.42. The molecule has 1 saturated carbocycles. The summed E-state index contributed by atoms with van der Waals surface area (Å²) in [4.78, 5) is 0. The zero-order chi connectivity index (χ0) is 14.5. The van der Waals surface area contributed by atoms with E-state index in [0.717, 1.165) is 25.0 Å².